The van der Waals surface area contributed by atoms with Crippen molar-refractivity contribution < 1.29 is 18.3 Å². The van der Waals surface area contributed by atoms with Crippen LogP contribution in [-0.2, 0) is 14.8 Å². The number of nitrogens with zero attached hydrogens (tertiary/aromatic N) is 2. The third-order valence-electron chi connectivity index (χ3n) is 3.13. The minimum atomic E-state index is -4.01. The van der Waals surface area contributed by atoms with Crippen LogP contribution in [0.15, 0.2) is 35.4 Å². The number of carboxylic acid groups (broad SMARTS) is 1. The zero-order valence-corrected chi connectivity index (χ0v) is 13.6. The van der Waals surface area contributed by atoms with Gasteiger partial charge in [0.1, 0.15) is 11.4 Å². The average molecular weight is 343 g/mol. The molecule has 1 heterocycles. The minimum absolute atomic E-state index is 0.0533. The minimum Gasteiger partial charge on any atom is -0.480 e. The summed E-state index contributed by atoms with van der Waals surface area (Å²) in [5.41, 5.74) is 0.228. The molecule has 2 aromatic rings. The molecular formula is C14H15ClN2O4S. The van der Waals surface area contributed by atoms with Crippen molar-refractivity contribution >= 4 is 38.5 Å². The van der Waals surface area contributed by atoms with Crippen LogP contribution < -0.4 is 0 Å². The molecule has 2 rings (SSSR count). The van der Waals surface area contributed by atoms with Crippen molar-refractivity contribution in [2.45, 2.75) is 24.8 Å². The molecular weight excluding hydrogens is 328 g/mol. The van der Waals surface area contributed by atoms with Crippen LogP contribution in [0.1, 0.15) is 13.8 Å². The molecule has 0 unspecified atom stereocenters. The predicted molar refractivity (Wildman–Crippen MR) is 83.4 cm³/mol. The van der Waals surface area contributed by atoms with E-state index in [1.54, 1.807) is 32.0 Å². The van der Waals surface area contributed by atoms with Crippen molar-refractivity contribution in [1.82, 2.24) is 9.29 Å². The van der Waals surface area contributed by atoms with Crippen molar-refractivity contribution in [2.75, 3.05) is 6.54 Å². The highest BCUT2D eigenvalue weighted by molar-refractivity contribution is 7.89. The first-order chi connectivity index (χ1) is 10.2. The Labute approximate surface area is 133 Å². The van der Waals surface area contributed by atoms with Gasteiger partial charge in [0, 0.05) is 17.6 Å². The van der Waals surface area contributed by atoms with E-state index in [0.717, 1.165) is 4.31 Å². The second-order valence-electron chi connectivity index (χ2n) is 4.98. The van der Waals surface area contributed by atoms with Crippen molar-refractivity contribution in [2.24, 2.45) is 0 Å². The topological polar surface area (TPSA) is 87.6 Å². The highest BCUT2D eigenvalue weighted by Crippen LogP contribution is 2.29. The lowest BCUT2D eigenvalue weighted by Crippen LogP contribution is -2.40. The first kappa shape index (κ1) is 16.7. The lowest BCUT2D eigenvalue weighted by molar-refractivity contribution is -0.137. The van der Waals surface area contributed by atoms with Crippen LogP contribution in [0, 0.1) is 0 Å². The Morgan fingerprint density at radius 3 is 2.64 bits per heavy atom. The summed E-state index contributed by atoms with van der Waals surface area (Å²) >= 11 is 6.06. The molecule has 8 heteroatoms. The molecule has 0 bridgehead atoms. The predicted octanol–water partition coefficient (Wildman–Crippen LogP) is 2.37. The molecule has 0 saturated heterocycles. The van der Waals surface area contributed by atoms with E-state index in [2.05, 4.69) is 4.98 Å². The molecule has 0 aliphatic heterocycles. The lowest BCUT2D eigenvalue weighted by Gasteiger charge is -2.24. The maximum Gasteiger partial charge on any atom is 0.318 e. The highest BCUT2D eigenvalue weighted by Gasteiger charge is 2.30. The van der Waals surface area contributed by atoms with Gasteiger partial charge in [0.25, 0.3) is 0 Å². The molecule has 0 spiro atoms. The monoisotopic (exact) mass is 342 g/mol. The number of halogens is 1. The molecule has 118 valence electrons. The van der Waals surface area contributed by atoms with Crippen LogP contribution in [0.25, 0.3) is 10.9 Å². The second kappa shape index (κ2) is 6.20. The van der Waals surface area contributed by atoms with E-state index in [4.69, 9.17) is 16.7 Å². The van der Waals surface area contributed by atoms with Crippen molar-refractivity contribution in [3.05, 3.63) is 35.5 Å². The summed E-state index contributed by atoms with van der Waals surface area (Å²) in [6.45, 7) is 2.62. The van der Waals surface area contributed by atoms with Gasteiger partial charge in [-0.1, -0.05) is 23.7 Å². The maximum absolute atomic E-state index is 12.8. The van der Waals surface area contributed by atoms with Gasteiger partial charge in [-0.05, 0) is 26.0 Å². The smallest absolute Gasteiger partial charge is 0.318 e. The standard InChI is InChI=1S/C14H15ClN2O4S/c1-9(2)17(8-13(18)19)22(20,21)12-5-3-4-10-11(15)6-7-16-14(10)12/h3-7,9H,8H2,1-2H3,(H,18,19). The zero-order chi connectivity index (χ0) is 16.5. The number of sulfonamides is 1. The van der Waals surface area contributed by atoms with Crippen molar-refractivity contribution in [1.29, 1.82) is 0 Å². The first-order valence-electron chi connectivity index (χ1n) is 6.52. The van der Waals surface area contributed by atoms with Crippen LogP contribution in [0.4, 0.5) is 0 Å². The molecule has 1 aromatic heterocycles. The van der Waals surface area contributed by atoms with E-state index in [-0.39, 0.29) is 10.4 Å². The molecule has 0 fully saturated rings. The number of aromatic nitrogens is 1. The van der Waals surface area contributed by atoms with E-state index in [1.165, 1.54) is 12.3 Å². The Kier molecular flexibility index (Phi) is 4.69. The Bertz CT molecular complexity index is 821. The number of fused-ring (bicyclic) bond motifs is 1. The van der Waals surface area contributed by atoms with E-state index in [9.17, 15) is 13.2 Å². The number of benzene rings is 1. The molecule has 0 radical (unpaired) electrons. The summed E-state index contributed by atoms with van der Waals surface area (Å²) in [6, 6.07) is 5.69. The number of hydrogen-bond acceptors (Lipinski definition) is 4. The van der Waals surface area contributed by atoms with E-state index >= 15 is 0 Å². The van der Waals surface area contributed by atoms with Crippen LogP contribution in [-0.4, -0.2) is 41.4 Å². The van der Waals surface area contributed by atoms with E-state index in [1.807, 2.05) is 0 Å². The molecule has 0 saturated carbocycles. The third kappa shape index (κ3) is 3.06. The summed E-state index contributed by atoms with van der Waals surface area (Å²) in [5.74, 6) is -1.22. The fourth-order valence-electron chi connectivity index (χ4n) is 2.13. The molecule has 22 heavy (non-hydrogen) atoms. The molecule has 6 nitrogen and oxygen atoms in total. The number of carbonyl (C=O) groups is 1. The summed E-state index contributed by atoms with van der Waals surface area (Å²) in [6.07, 6.45) is 1.42. The van der Waals surface area contributed by atoms with Gasteiger partial charge in [0.2, 0.25) is 10.0 Å². The van der Waals surface area contributed by atoms with Gasteiger partial charge >= 0.3 is 5.97 Å². The number of hydrogen-bond donors (Lipinski definition) is 1. The van der Waals surface area contributed by atoms with Crippen LogP contribution in [0.3, 0.4) is 0 Å². The fraction of sp³-hybridized carbons (Fsp3) is 0.286. The third-order valence-corrected chi connectivity index (χ3v) is 5.52. The molecule has 0 aliphatic rings. The number of aliphatic carboxylic acids is 1. The summed E-state index contributed by atoms with van der Waals surface area (Å²) in [5, 5.41) is 9.85. The largest absolute Gasteiger partial charge is 0.480 e. The summed E-state index contributed by atoms with van der Waals surface area (Å²) < 4.78 is 26.6. The zero-order valence-electron chi connectivity index (χ0n) is 12.0. The first-order valence-corrected chi connectivity index (χ1v) is 8.34. The molecule has 0 atom stereocenters. The van der Waals surface area contributed by atoms with Crippen LogP contribution in [0.2, 0.25) is 5.02 Å². The molecule has 1 N–H and O–H groups in total. The van der Waals surface area contributed by atoms with Gasteiger partial charge in [-0.15, -0.1) is 0 Å². The maximum atomic E-state index is 12.8. The summed E-state index contributed by atoms with van der Waals surface area (Å²) in [7, 11) is -4.01. The number of para-hydroxylation sites is 1. The molecule has 0 aliphatic carbocycles. The summed E-state index contributed by atoms with van der Waals surface area (Å²) in [4.78, 5) is 15.0. The quantitative estimate of drug-likeness (QED) is 0.901. The van der Waals surface area contributed by atoms with Gasteiger partial charge in [0.15, 0.2) is 0 Å². The number of carboxylic acids is 1. The Hall–Kier alpha value is -1.70. The Balaban J connectivity index is 2.68. The SMILES string of the molecule is CC(C)N(CC(=O)O)S(=O)(=O)c1cccc2c(Cl)ccnc12. The van der Waals surface area contributed by atoms with Gasteiger partial charge < -0.3 is 5.11 Å². The van der Waals surface area contributed by atoms with E-state index in [0.29, 0.717) is 10.4 Å². The Morgan fingerprint density at radius 2 is 2.05 bits per heavy atom. The molecule has 0 amide bonds. The van der Waals surface area contributed by atoms with Crippen LogP contribution in [0.5, 0.6) is 0 Å². The van der Waals surface area contributed by atoms with Gasteiger partial charge in [-0.2, -0.15) is 4.31 Å². The van der Waals surface area contributed by atoms with Gasteiger partial charge in [0.05, 0.1) is 10.5 Å². The van der Waals surface area contributed by atoms with Crippen molar-refractivity contribution in [3.63, 3.8) is 0 Å². The average Bonchev–Trinajstić information content (AvgIpc) is 2.44. The lowest BCUT2D eigenvalue weighted by atomic mass is 10.2. The van der Waals surface area contributed by atoms with E-state index < -0.39 is 28.6 Å². The Morgan fingerprint density at radius 1 is 1.36 bits per heavy atom. The number of pyridine rings is 1. The van der Waals surface area contributed by atoms with Crippen molar-refractivity contribution in [3.8, 4) is 0 Å². The molecule has 1 aromatic carbocycles. The van der Waals surface area contributed by atoms with Gasteiger partial charge in [-0.3, -0.25) is 9.78 Å². The van der Waals surface area contributed by atoms with Gasteiger partial charge in [-0.25, -0.2) is 8.42 Å². The fourth-order valence-corrected chi connectivity index (χ4v) is 4.08. The highest BCUT2D eigenvalue weighted by atomic mass is 35.5. The normalized spacial score (nSPS) is 12.2. The second-order valence-corrected chi connectivity index (χ2v) is 7.25. The number of rotatable bonds is 5. The van der Waals surface area contributed by atoms with Crippen LogP contribution >= 0.6 is 11.6 Å².